The van der Waals surface area contributed by atoms with Gasteiger partial charge in [-0.2, -0.15) is 0 Å². The number of rotatable bonds is 6. The van der Waals surface area contributed by atoms with Crippen LogP contribution in [0.3, 0.4) is 0 Å². The zero-order valence-electron chi connectivity index (χ0n) is 7.47. The Morgan fingerprint density at radius 3 is 2.71 bits per heavy atom. The van der Waals surface area contributed by atoms with Crippen LogP contribution < -0.4 is 0 Å². The summed E-state index contributed by atoms with van der Waals surface area (Å²) in [4.78, 5) is 24.3. The van der Waals surface area contributed by atoms with E-state index in [9.17, 15) is 14.9 Å². The molecule has 0 aliphatic carbocycles. The van der Waals surface area contributed by atoms with Crippen molar-refractivity contribution in [3.8, 4) is 0 Å². The van der Waals surface area contributed by atoms with Crippen LogP contribution in [0.15, 0.2) is 0 Å². The van der Waals surface area contributed by atoms with Gasteiger partial charge in [0, 0.05) is 6.42 Å². The fourth-order valence-corrected chi connectivity index (χ4v) is 0.593. The number of alkyl halides is 1. The fraction of sp³-hybridized carbons (Fsp3) is 0.833. The molecule has 0 spiro atoms. The van der Waals surface area contributed by atoms with Gasteiger partial charge < -0.3 is 14.3 Å². The third-order valence-electron chi connectivity index (χ3n) is 0.964. The van der Waals surface area contributed by atoms with E-state index in [1.165, 1.54) is 6.92 Å². The van der Waals surface area contributed by atoms with Gasteiger partial charge in [0.05, 0.1) is 13.2 Å². The molecule has 7 nitrogen and oxygen atoms in total. The lowest BCUT2D eigenvalue weighted by Gasteiger charge is -2.06. The molecule has 0 radical (unpaired) electrons. The molecular formula is C6H10ClNO6. The minimum absolute atomic E-state index is 0.0176. The summed E-state index contributed by atoms with van der Waals surface area (Å²) in [5.41, 5.74) is -0.766. The van der Waals surface area contributed by atoms with Crippen molar-refractivity contribution in [2.45, 2.75) is 18.9 Å². The average Bonchev–Trinajstić information content (AvgIpc) is 2.01. The van der Waals surface area contributed by atoms with Gasteiger partial charge in [-0.15, -0.1) is 10.1 Å². The van der Waals surface area contributed by atoms with Crippen LogP contribution in [0.2, 0.25) is 0 Å². The molecule has 1 unspecified atom stereocenters. The Morgan fingerprint density at radius 2 is 2.21 bits per heavy atom. The highest BCUT2D eigenvalue weighted by atomic mass is 35.5. The van der Waals surface area contributed by atoms with E-state index in [4.69, 9.17) is 11.6 Å². The standard InChI is InChI=1S/C6H10ClNO6/c1-5(7)14-6(9)12-3-2-4-13-8(10)11/h5H,2-4H2,1H3. The van der Waals surface area contributed by atoms with Crippen LogP contribution in [0.4, 0.5) is 4.79 Å². The number of nitrogens with zero attached hydrogens (tertiary/aromatic N) is 1. The van der Waals surface area contributed by atoms with E-state index in [1.54, 1.807) is 0 Å². The second-order valence-electron chi connectivity index (χ2n) is 2.17. The van der Waals surface area contributed by atoms with Crippen LogP contribution in [0.5, 0.6) is 0 Å². The van der Waals surface area contributed by atoms with Gasteiger partial charge in [0.25, 0.3) is 5.09 Å². The monoisotopic (exact) mass is 227 g/mol. The number of halogens is 1. The van der Waals surface area contributed by atoms with Crippen LogP contribution in [-0.2, 0) is 14.3 Å². The Kier molecular flexibility index (Phi) is 6.55. The molecular weight excluding hydrogens is 218 g/mol. The van der Waals surface area contributed by atoms with Crippen molar-refractivity contribution in [2.24, 2.45) is 0 Å². The van der Waals surface area contributed by atoms with Crippen LogP contribution in [0.1, 0.15) is 13.3 Å². The molecule has 0 bridgehead atoms. The van der Waals surface area contributed by atoms with Gasteiger partial charge in [0.15, 0.2) is 5.56 Å². The first-order valence-corrected chi connectivity index (χ1v) is 4.21. The van der Waals surface area contributed by atoms with E-state index in [2.05, 4.69) is 14.3 Å². The predicted octanol–water partition coefficient (Wildman–Crippen LogP) is 1.32. The summed E-state index contributed by atoms with van der Waals surface area (Å²) in [5.74, 6) is 0. The smallest absolute Gasteiger partial charge is 0.434 e. The van der Waals surface area contributed by atoms with Gasteiger partial charge in [-0.05, 0) is 6.92 Å². The van der Waals surface area contributed by atoms with Gasteiger partial charge in [-0.25, -0.2) is 4.79 Å². The summed E-state index contributed by atoms with van der Waals surface area (Å²) in [6.07, 6.45) is -0.694. The fourth-order valence-electron chi connectivity index (χ4n) is 0.520. The Bertz CT molecular complexity index is 197. The van der Waals surface area contributed by atoms with E-state index < -0.39 is 16.8 Å². The highest BCUT2D eigenvalue weighted by molar-refractivity contribution is 6.19. The van der Waals surface area contributed by atoms with E-state index in [1.807, 2.05) is 0 Å². The molecule has 0 aromatic heterocycles. The first kappa shape index (κ1) is 12.8. The third-order valence-corrected chi connectivity index (χ3v) is 1.05. The number of ether oxygens (including phenoxy) is 2. The van der Waals surface area contributed by atoms with E-state index in [-0.39, 0.29) is 19.6 Å². The van der Waals surface area contributed by atoms with Gasteiger partial charge in [-0.1, -0.05) is 11.6 Å². The van der Waals surface area contributed by atoms with Crippen molar-refractivity contribution >= 4 is 17.8 Å². The van der Waals surface area contributed by atoms with Crippen LogP contribution in [-0.4, -0.2) is 30.0 Å². The molecule has 0 aromatic rings. The van der Waals surface area contributed by atoms with E-state index in [0.717, 1.165) is 0 Å². The first-order valence-electron chi connectivity index (χ1n) is 3.77. The van der Waals surface area contributed by atoms with E-state index >= 15 is 0 Å². The SMILES string of the molecule is CC(Cl)OC(=O)OCCCO[N+](=O)[O-]. The third kappa shape index (κ3) is 8.85. The number of hydrogen-bond acceptors (Lipinski definition) is 6. The summed E-state index contributed by atoms with van der Waals surface area (Å²) in [6, 6.07) is 0. The minimum atomic E-state index is -0.918. The molecule has 1 atom stereocenters. The predicted molar refractivity (Wildman–Crippen MR) is 45.3 cm³/mol. The maximum Gasteiger partial charge on any atom is 0.509 e. The molecule has 14 heavy (non-hydrogen) atoms. The number of hydrogen-bond donors (Lipinski definition) is 0. The molecule has 0 amide bonds. The molecule has 82 valence electrons. The maximum atomic E-state index is 10.6. The zero-order chi connectivity index (χ0) is 11.0. The van der Waals surface area contributed by atoms with Crippen LogP contribution in [0, 0.1) is 10.1 Å². The molecule has 0 fully saturated rings. The van der Waals surface area contributed by atoms with Crippen molar-refractivity contribution in [3.05, 3.63) is 10.1 Å². The summed E-state index contributed by atoms with van der Waals surface area (Å²) >= 11 is 5.32. The molecule has 0 aliphatic rings. The summed E-state index contributed by atoms with van der Waals surface area (Å²) in [7, 11) is 0. The molecule has 0 saturated heterocycles. The highest BCUT2D eigenvalue weighted by Gasteiger charge is 2.06. The lowest BCUT2D eigenvalue weighted by molar-refractivity contribution is -0.757. The van der Waals surface area contributed by atoms with Crippen molar-refractivity contribution in [3.63, 3.8) is 0 Å². The zero-order valence-corrected chi connectivity index (χ0v) is 8.23. The number of carbonyl (C=O) groups excluding carboxylic acids is 1. The normalized spacial score (nSPS) is 11.6. The molecule has 0 heterocycles. The Morgan fingerprint density at radius 1 is 1.57 bits per heavy atom. The second kappa shape index (κ2) is 7.19. The Balaban J connectivity index is 3.27. The van der Waals surface area contributed by atoms with Crippen molar-refractivity contribution in [1.29, 1.82) is 0 Å². The Labute approximate surface area is 85.0 Å². The Hall–Kier alpha value is -1.24. The second-order valence-corrected chi connectivity index (χ2v) is 2.78. The summed E-state index contributed by atoms with van der Waals surface area (Å²) < 4.78 is 8.89. The van der Waals surface area contributed by atoms with Crippen molar-refractivity contribution in [2.75, 3.05) is 13.2 Å². The molecule has 8 heteroatoms. The molecule has 0 aliphatic heterocycles. The van der Waals surface area contributed by atoms with Crippen molar-refractivity contribution < 1.29 is 24.2 Å². The van der Waals surface area contributed by atoms with Crippen LogP contribution >= 0.6 is 11.6 Å². The quantitative estimate of drug-likeness (QED) is 0.224. The van der Waals surface area contributed by atoms with Gasteiger partial charge in [0.2, 0.25) is 0 Å². The topological polar surface area (TPSA) is 87.9 Å². The van der Waals surface area contributed by atoms with Crippen molar-refractivity contribution in [1.82, 2.24) is 0 Å². The van der Waals surface area contributed by atoms with Gasteiger partial charge in [0.1, 0.15) is 0 Å². The first-order chi connectivity index (χ1) is 6.52. The molecule has 0 aromatic carbocycles. The largest absolute Gasteiger partial charge is 0.509 e. The van der Waals surface area contributed by atoms with Crippen LogP contribution in [0.25, 0.3) is 0 Å². The highest BCUT2D eigenvalue weighted by Crippen LogP contribution is 1.98. The summed E-state index contributed by atoms with van der Waals surface area (Å²) in [5, 5.41) is 8.76. The van der Waals surface area contributed by atoms with Gasteiger partial charge >= 0.3 is 6.16 Å². The maximum absolute atomic E-state index is 10.6. The minimum Gasteiger partial charge on any atom is -0.434 e. The molecule has 0 rings (SSSR count). The summed E-state index contributed by atoms with van der Waals surface area (Å²) in [6.45, 7) is 1.31. The number of carbonyl (C=O) groups is 1. The lowest BCUT2D eigenvalue weighted by Crippen LogP contribution is -2.13. The van der Waals surface area contributed by atoms with Gasteiger partial charge in [-0.3, -0.25) is 0 Å². The molecule has 0 saturated carbocycles. The lowest BCUT2D eigenvalue weighted by atomic mass is 10.5. The average molecular weight is 228 g/mol. The molecule has 0 N–H and O–H groups in total. The van der Waals surface area contributed by atoms with E-state index in [0.29, 0.717) is 0 Å².